The molecule has 0 bridgehead atoms. The summed E-state index contributed by atoms with van der Waals surface area (Å²) in [5, 5.41) is 1.19. The number of hydrogen-bond donors (Lipinski definition) is 1. The third kappa shape index (κ3) is 1.59. The molecule has 3 heteroatoms. The third-order valence-corrected chi connectivity index (χ3v) is 2.67. The smallest absolute Gasteiger partial charge is 0.144 e. The van der Waals surface area contributed by atoms with E-state index in [-0.39, 0.29) is 0 Å². The second kappa shape index (κ2) is 3.95. The van der Waals surface area contributed by atoms with Gasteiger partial charge in [-0.05, 0) is 18.6 Å². The maximum atomic E-state index is 5.58. The highest BCUT2D eigenvalue weighted by atomic mass is 16.5. The number of fused-ring (bicyclic) bond motifs is 1. The van der Waals surface area contributed by atoms with Crippen molar-refractivity contribution in [2.24, 2.45) is 5.73 Å². The summed E-state index contributed by atoms with van der Waals surface area (Å²) < 4.78 is 7.51. The molecule has 0 unspecified atom stereocenters. The Kier molecular flexibility index (Phi) is 2.64. The van der Waals surface area contributed by atoms with Gasteiger partial charge in [-0.1, -0.05) is 12.1 Å². The second-order valence-electron chi connectivity index (χ2n) is 3.65. The maximum absolute atomic E-state index is 5.58. The molecule has 0 fully saturated rings. The Labute approximate surface area is 89.4 Å². The number of aryl methyl sites for hydroxylation is 1. The Balaban J connectivity index is 2.69. The van der Waals surface area contributed by atoms with E-state index in [9.17, 15) is 0 Å². The Morgan fingerprint density at radius 3 is 2.87 bits per heavy atom. The van der Waals surface area contributed by atoms with Crippen LogP contribution in [0.4, 0.5) is 0 Å². The summed E-state index contributed by atoms with van der Waals surface area (Å²) in [4.78, 5) is 0. The molecule has 0 saturated carbocycles. The lowest BCUT2D eigenvalue weighted by Gasteiger charge is -2.02. The van der Waals surface area contributed by atoms with Crippen molar-refractivity contribution in [1.29, 1.82) is 0 Å². The number of hydrogen-bond acceptors (Lipinski definition) is 2. The zero-order valence-corrected chi connectivity index (χ0v) is 9.16. The molecular weight excluding hydrogens is 188 g/mol. The average Bonchev–Trinajstić information content (AvgIpc) is 2.59. The summed E-state index contributed by atoms with van der Waals surface area (Å²) in [6.07, 6.45) is 2.02. The van der Waals surface area contributed by atoms with E-state index < -0.39 is 0 Å². The minimum atomic E-state index is 0.640. The second-order valence-corrected chi connectivity index (χ2v) is 3.65. The van der Waals surface area contributed by atoms with Crippen LogP contribution in [0.1, 0.15) is 5.56 Å². The molecule has 2 N–H and O–H groups in total. The lowest BCUT2D eigenvalue weighted by Crippen LogP contribution is -2.08. The molecule has 0 saturated heterocycles. The number of aromatic nitrogens is 1. The fourth-order valence-electron chi connectivity index (χ4n) is 1.97. The van der Waals surface area contributed by atoms with E-state index >= 15 is 0 Å². The van der Waals surface area contributed by atoms with Crippen LogP contribution in [0.25, 0.3) is 10.9 Å². The standard InChI is InChI=1S/C12H16N2O/c1-9-4-3-5-10-12(9)11(15-2)8-14(10)7-6-13/h3-5,8H,6-7,13H2,1-2H3. The minimum Gasteiger partial charge on any atom is -0.495 e. The van der Waals surface area contributed by atoms with Crippen LogP contribution in [0.2, 0.25) is 0 Å². The molecule has 15 heavy (non-hydrogen) atoms. The molecular formula is C12H16N2O. The predicted molar refractivity (Wildman–Crippen MR) is 62.3 cm³/mol. The molecule has 0 spiro atoms. The van der Waals surface area contributed by atoms with Gasteiger partial charge in [0.1, 0.15) is 5.75 Å². The molecule has 1 heterocycles. The SMILES string of the molecule is COc1cn(CCN)c2cccc(C)c12. The third-order valence-electron chi connectivity index (χ3n) is 2.67. The van der Waals surface area contributed by atoms with Crippen LogP contribution in [0.5, 0.6) is 5.75 Å². The molecule has 2 rings (SSSR count). The predicted octanol–water partition coefficient (Wildman–Crippen LogP) is 1.92. The van der Waals surface area contributed by atoms with Crippen molar-refractivity contribution in [2.75, 3.05) is 13.7 Å². The molecule has 3 nitrogen and oxygen atoms in total. The average molecular weight is 204 g/mol. The topological polar surface area (TPSA) is 40.2 Å². The summed E-state index contributed by atoms with van der Waals surface area (Å²) in [5.41, 5.74) is 8.01. The van der Waals surface area contributed by atoms with Crippen LogP contribution in [-0.4, -0.2) is 18.2 Å². The molecule has 80 valence electrons. The fourth-order valence-corrected chi connectivity index (χ4v) is 1.97. The Hall–Kier alpha value is -1.48. The van der Waals surface area contributed by atoms with Gasteiger partial charge in [-0.2, -0.15) is 0 Å². The molecule has 0 aliphatic rings. The Morgan fingerprint density at radius 2 is 2.20 bits per heavy atom. The first kappa shape index (κ1) is 10.1. The first-order valence-corrected chi connectivity index (χ1v) is 5.10. The molecule has 0 aliphatic carbocycles. The van der Waals surface area contributed by atoms with E-state index in [1.165, 1.54) is 16.5 Å². The van der Waals surface area contributed by atoms with Crippen molar-refractivity contribution in [3.8, 4) is 5.75 Å². The van der Waals surface area contributed by atoms with Crippen molar-refractivity contribution in [1.82, 2.24) is 4.57 Å². The van der Waals surface area contributed by atoms with Gasteiger partial charge in [0, 0.05) is 24.7 Å². The van der Waals surface area contributed by atoms with Gasteiger partial charge in [0.25, 0.3) is 0 Å². The zero-order valence-electron chi connectivity index (χ0n) is 9.16. The highest BCUT2D eigenvalue weighted by molar-refractivity contribution is 5.89. The van der Waals surface area contributed by atoms with E-state index in [0.29, 0.717) is 6.54 Å². The number of benzene rings is 1. The summed E-state index contributed by atoms with van der Waals surface area (Å²) in [7, 11) is 1.70. The van der Waals surface area contributed by atoms with Crippen molar-refractivity contribution in [2.45, 2.75) is 13.5 Å². The zero-order chi connectivity index (χ0) is 10.8. The van der Waals surface area contributed by atoms with E-state index in [4.69, 9.17) is 10.5 Å². The molecule has 0 aliphatic heterocycles. The lowest BCUT2D eigenvalue weighted by atomic mass is 10.1. The Bertz CT molecular complexity index is 474. The van der Waals surface area contributed by atoms with Gasteiger partial charge < -0.3 is 15.0 Å². The molecule has 0 radical (unpaired) electrons. The maximum Gasteiger partial charge on any atom is 0.144 e. The fraction of sp³-hybridized carbons (Fsp3) is 0.333. The lowest BCUT2D eigenvalue weighted by molar-refractivity contribution is 0.417. The molecule has 0 amide bonds. The summed E-state index contributed by atoms with van der Waals surface area (Å²) in [6.45, 7) is 3.56. The van der Waals surface area contributed by atoms with Crippen LogP contribution in [0.15, 0.2) is 24.4 Å². The highest BCUT2D eigenvalue weighted by Gasteiger charge is 2.09. The monoisotopic (exact) mass is 204 g/mol. The minimum absolute atomic E-state index is 0.640. The van der Waals surface area contributed by atoms with Crippen molar-refractivity contribution in [3.05, 3.63) is 30.0 Å². The quantitative estimate of drug-likeness (QED) is 0.829. The van der Waals surface area contributed by atoms with E-state index in [0.717, 1.165) is 12.3 Å². The van der Waals surface area contributed by atoms with Crippen LogP contribution in [-0.2, 0) is 6.54 Å². The molecule has 2 aromatic rings. The van der Waals surface area contributed by atoms with Gasteiger partial charge in [-0.15, -0.1) is 0 Å². The molecule has 1 aromatic carbocycles. The number of methoxy groups -OCH3 is 1. The largest absolute Gasteiger partial charge is 0.495 e. The van der Waals surface area contributed by atoms with Crippen molar-refractivity contribution >= 4 is 10.9 Å². The van der Waals surface area contributed by atoms with Crippen LogP contribution >= 0.6 is 0 Å². The van der Waals surface area contributed by atoms with E-state index in [1.54, 1.807) is 7.11 Å². The molecule has 1 aromatic heterocycles. The number of rotatable bonds is 3. The van der Waals surface area contributed by atoms with Gasteiger partial charge in [0.15, 0.2) is 0 Å². The van der Waals surface area contributed by atoms with Crippen LogP contribution in [0.3, 0.4) is 0 Å². The normalized spacial score (nSPS) is 10.9. The van der Waals surface area contributed by atoms with Crippen molar-refractivity contribution < 1.29 is 4.74 Å². The highest BCUT2D eigenvalue weighted by Crippen LogP contribution is 2.30. The van der Waals surface area contributed by atoms with E-state index in [1.807, 2.05) is 6.20 Å². The summed E-state index contributed by atoms with van der Waals surface area (Å²) in [6, 6.07) is 6.25. The number of ether oxygens (including phenoxy) is 1. The van der Waals surface area contributed by atoms with Gasteiger partial charge in [-0.3, -0.25) is 0 Å². The molecule has 0 atom stereocenters. The van der Waals surface area contributed by atoms with Gasteiger partial charge in [0.2, 0.25) is 0 Å². The van der Waals surface area contributed by atoms with Crippen LogP contribution in [0, 0.1) is 6.92 Å². The first-order valence-electron chi connectivity index (χ1n) is 5.10. The van der Waals surface area contributed by atoms with Gasteiger partial charge in [-0.25, -0.2) is 0 Å². The summed E-state index contributed by atoms with van der Waals surface area (Å²) >= 11 is 0. The van der Waals surface area contributed by atoms with Gasteiger partial charge in [0.05, 0.1) is 12.6 Å². The Morgan fingerprint density at radius 1 is 1.40 bits per heavy atom. The van der Waals surface area contributed by atoms with Gasteiger partial charge >= 0.3 is 0 Å². The number of nitrogens with zero attached hydrogens (tertiary/aromatic N) is 1. The van der Waals surface area contributed by atoms with E-state index in [2.05, 4.69) is 29.7 Å². The number of nitrogens with two attached hydrogens (primary N) is 1. The summed E-state index contributed by atoms with van der Waals surface area (Å²) in [5.74, 6) is 0.927. The van der Waals surface area contributed by atoms with Crippen LogP contribution < -0.4 is 10.5 Å². The first-order chi connectivity index (χ1) is 7.27. The van der Waals surface area contributed by atoms with Crippen molar-refractivity contribution in [3.63, 3.8) is 0 Å².